The van der Waals surface area contributed by atoms with Crippen LogP contribution in [-0.4, -0.2) is 53.8 Å². The van der Waals surface area contributed by atoms with Gasteiger partial charge in [0.1, 0.15) is 9.10 Å². The second-order valence-corrected chi connectivity index (χ2v) is 13.2. The Morgan fingerprint density at radius 3 is 2.30 bits per heavy atom. The molecule has 192 valence electrons. The summed E-state index contributed by atoms with van der Waals surface area (Å²) < 4.78 is 29.5. The zero-order valence-electron chi connectivity index (χ0n) is 19.5. The molecule has 0 aliphatic carbocycles. The highest BCUT2D eigenvalue weighted by molar-refractivity contribution is 7.99. The number of thiophene rings is 1. The van der Waals surface area contributed by atoms with Gasteiger partial charge >= 0.3 is 0 Å². The van der Waals surface area contributed by atoms with E-state index in [2.05, 4.69) is 5.10 Å². The Morgan fingerprint density at radius 1 is 0.973 bits per heavy atom. The molecule has 1 fully saturated rings. The van der Waals surface area contributed by atoms with Gasteiger partial charge in [0.15, 0.2) is 0 Å². The molecule has 2 aromatic carbocycles. The fourth-order valence-corrected chi connectivity index (χ4v) is 8.04. The molecule has 5 rings (SSSR count). The van der Waals surface area contributed by atoms with E-state index in [-0.39, 0.29) is 29.5 Å². The van der Waals surface area contributed by atoms with Crippen molar-refractivity contribution >= 4 is 50.4 Å². The maximum absolute atomic E-state index is 13.7. The summed E-state index contributed by atoms with van der Waals surface area (Å²) in [5, 5.41) is 13.8. The molecule has 4 aromatic rings. The first kappa shape index (κ1) is 26.0. The van der Waals surface area contributed by atoms with Crippen molar-refractivity contribution in [2.75, 3.05) is 31.1 Å². The number of anilines is 1. The second-order valence-electron chi connectivity index (χ2n) is 8.27. The summed E-state index contributed by atoms with van der Waals surface area (Å²) in [5.41, 5.74) is 1.83. The smallest absolute Gasteiger partial charge is 0.287 e. The second kappa shape index (κ2) is 11.0. The Kier molecular flexibility index (Phi) is 7.70. The fraction of sp³-hybridized carbons (Fsp3) is 0.200. The fourth-order valence-electron chi connectivity index (χ4n) is 4.02. The van der Waals surface area contributed by atoms with Crippen molar-refractivity contribution in [3.63, 3.8) is 0 Å². The molecular formula is C25H23ClN4O4S3. The zero-order chi connectivity index (χ0) is 26.0. The van der Waals surface area contributed by atoms with Gasteiger partial charge in [-0.2, -0.15) is 14.1 Å². The van der Waals surface area contributed by atoms with Crippen LogP contribution in [0.15, 0.2) is 91.7 Å². The number of para-hydroxylation sites is 1. The number of hydrogen-bond donors (Lipinski definition) is 1. The summed E-state index contributed by atoms with van der Waals surface area (Å²) >= 11 is 8.32. The van der Waals surface area contributed by atoms with Crippen LogP contribution in [0.1, 0.15) is 5.56 Å². The van der Waals surface area contributed by atoms with E-state index in [4.69, 9.17) is 11.6 Å². The number of rotatable bonds is 7. The average molecular weight is 575 g/mol. The van der Waals surface area contributed by atoms with Gasteiger partial charge in [-0.25, -0.2) is 8.42 Å². The molecule has 0 amide bonds. The van der Waals surface area contributed by atoms with Crippen LogP contribution >= 0.6 is 34.7 Å². The van der Waals surface area contributed by atoms with E-state index in [1.54, 1.807) is 12.3 Å². The first-order valence-corrected chi connectivity index (χ1v) is 14.9. The van der Waals surface area contributed by atoms with Crippen molar-refractivity contribution in [3.05, 3.63) is 93.2 Å². The van der Waals surface area contributed by atoms with Crippen LogP contribution in [0.2, 0.25) is 4.34 Å². The summed E-state index contributed by atoms with van der Waals surface area (Å²) in [4.78, 5) is 17.0. The third kappa shape index (κ3) is 5.47. The van der Waals surface area contributed by atoms with Crippen molar-refractivity contribution in [2.45, 2.75) is 20.6 Å². The zero-order valence-corrected chi connectivity index (χ0v) is 22.7. The predicted molar refractivity (Wildman–Crippen MR) is 147 cm³/mol. The lowest BCUT2D eigenvalue weighted by molar-refractivity contribution is 0.282. The number of halogens is 1. The third-order valence-electron chi connectivity index (χ3n) is 5.96. The average Bonchev–Trinajstić information content (AvgIpc) is 3.38. The molecule has 1 N–H and O–H groups in total. The molecule has 12 heteroatoms. The largest absolute Gasteiger partial charge is 0.392 e. The number of benzene rings is 2. The molecule has 1 aliphatic heterocycles. The van der Waals surface area contributed by atoms with Gasteiger partial charge in [0.2, 0.25) is 0 Å². The van der Waals surface area contributed by atoms with Crippen LogP contribution in [-0.2, 0) is 16.6 Å². The van der Waals surface area contributed by atoms with E-state index in [1.807, 2.05) is 59.5 Å². The standard InChI is InChI=1S/C25H23ClN4O4S3/c26-22-10-11-23(36-22)37(33,34)29-14-12-28(13-15-29)21-16-27-30(19-4-2-1-3-5-19)25(32)24(21)35-20-8-6-18(17-31)7-9-20/h1-11,16,31H,12-15,17H2. The highest BCUT2D eigenvalue weighted by Gasteiger charge is 2.31. The Morgan fingerprint density at radius 2 is 1.68 bits per heavy atom. The van der Waals surface area contributed by atoms with E-state index >= 15 is 0 Å². The van der Waals surface area contributed by atoms with Gasteiger partial charge in [-0.3, -0.25) is 4.79 Å². The molecule has 1 saturated heterocycles. The number of piperazine rings is 1. The van der Waals surface area contributed by atoms with E-state index in [0.29, 0.717) is 33.7 Å². The maximum atomic E-state index is 13.7. The topological polar surface area (TPSA) is 95.7 Å². The molecule has 2 aromatic heterocycles. The van der Waals surface area contributed by atoms with Gasteiger partial charge in [-0.15, -0.1) is 11.3 Å². The van der Waals surface area contributed by atoms with Crippen molar-refractivity contribution < 1.29 is 13.5 Å². The van der Waals surface area contributed by atoms with Gasteiger partial charge in [0.25, 0.3) is 15.6 Å². The minimum Gasteiger partial charge on any atom is -0.392 e. The SMILES string of the molecule is O=c1c(Sc2ccc(CO)cc2)c(N2CCN(S(=O)(=O)c3ccc(Cl)s3)CC2)cnn1-c1ccccc1. The van der Waals surface area contributed by atoms with Crippen molar-refractivity contribution in [1.29, 1.82) is 0 Å². The maximum Gasteiger partial charge on any atom is 0.287 e. The van der Waals surface area contributed by atoms with Crippen molar-refractivity contribution in [2.24, 2.45) is 0 Å². The minimum atomic E-state index is -3.63. The van der Waals surface area contributed by atoms with E-state index in [1.165, 1.54) is 26.8 Å². The van der Waals surface area contributed by atoms with E-state index in [0.717, 1.165) is 21.8 Å². The number of aliphatic hydroxyl groups excluding tert-OH is 1. The van der Waals surface area contributed by atoms with Crippen LogP contribution in [0, 0.1) is 0 Å². The highest BCUT2D eigenvalue weighted by atomic mass is 35.5. The summed E-state index contributed by atoms with van der Waals surface area (Å²) in [6, 6.07) is 19.7. The summed E-state index contributed by atoms with van der Waals surface area (Å²) in [5.74, 6) is 0. The van der Waals surface area contributed by atoms with Crippen LogP contribution in [0.5, 0.6) is 0 Å². The normalized spacial score (nSPS) is 14.7. The molecule has 8 nitrogen and oxygen atoms in total. The van der Waals surface area contributed by atoms with Crippen LogP contribution in [0.4, 0.5) is 5.69 Å². The molecule has 0 spiro atoms. The Labute approximate surface area is 227 Å². The first-order chi connectivity index (χ1) is 17.9. The van der Waals surface area contributed by atoms with Crippen LogP contribution in [0.25, 0.3) is 5.69 Å². The lowest BCUT2D eigenvalue weighted by atomic mass is 10.2. The molecule has 0 bridgehead atoms. The monoisotopic (exact) mass is 574 g/mol. The third-order valence-corrected chi connectivity index (χ3v) is 10.7. The highest BCUT2D eigenvalue weighted by Crippen LogP contribution is 2.34. The Balaban J connectivity index is 1.45. The predicted octanol–water partition coefficient (Wildman–Crippen LogP) is 4.10. The van der Waals surface area contributed by atoms with Crippen molar-refractivity contribution in [1.82, 2.24) is 14.1 Å². The van der Waals surface area contributed by atoms with Crippen LogP contribution < -0.4 is 10.5 Å². The lowest BCUT2D eigenvalue weighted by Gasteiger charge is -2.35. The molecule has 1 aliphatic rings. The number of nitrogens with zero attached hydrogens (tertiary/aromatic N) is 4. The van der Waals surface area contributed by atoms with Gasteiger partial charge in [-0.1, -0.05) is 53.7 Å². The number of sulfonamides is 1. The summed E-state index contributed by atoms with van der Waals surface area (Å²) in [7, 11) is -3.63. The summed E-state index contributed by atoms with van der Waals surface area (Å²) in [6.45, 7) is 1.30. The van der Waals surface area contributed by atoms with Gasteiger partial charge in [0.05, 0.1) is 28.5 Å². The van der Waals surface area contributed by atoms with Gasteiger partial charge in [0, 0.05) is 31.1 Å². The molecule has 37 heavy (non-hydrogen) atoms. The molecule has 0 atom stereocenters. The van der Waals surface area contributed by atoms with Crippen LogP contribution in [0.3, 0.4) is 0 Å². The van der Waals surface area contributed by atoms with Gasteiger partial charge in [-0.05, 0) is 42.0 Å². The number of hydrogen-bond acceptors (Lipinski definition) is 8. The lowest BCUT2D eigenvalue weighted by Crippen LogP contribution is -2.49. The van der Waals surface area contributed by atoms with E-state index < -0.39 is 10.0 Å². The molecular weight excluding hydrogens is 552 g/mol. The molecule has 0 radical (unpaired) electrons. The molecule has 3 heterocycles. The van der Waals surface area contributed by atoms with Crippen molar-refractivity contribution in [3.8, 4) is 5.69 Å². The van der Waals surface area contributed by atoms with Gasteiger partial charge < -0.3 is 10.0 Å². The minimum absolute atomic E-state index is 0.0584. The summed E-state index contributed by atoms with van der Waals surface area (Å²) in [6.07, 6.45) is 1.67. The Hall–Kier alpha value is -2.67. The Bertz CT molecular complexity index is 1550. The number of aliphatic hydroxyl groups is 1. The number of aromatic nitrogens is 2. The first-order valence-electron chi connectivity index (χ1n) is 11.4. The van der Waals surface area contributed by atoms with E-state index in [9.17, 15) is 18.3 Å². The molecule has 0 saturated carbocycles. The quantitative estimate of drug-likeness (QED) is 0.355. The molecule has 0 unspecified atom stereocenters.